The summed E-state index contributed by atoms with van der Waals surface area (Å²) in [6, 6.07) is 19.3. The summed E-state index contributed by atoms with van der Waals surface area (Å²) in [5.41, 5.74) is 1.30. The minimum absolute atomic E-state index is 0.0867. The number of anilines is 1. The van der Waals surface area contributed by atoms with Gasteiger partial charge < -0.3 is 24.3 Å². The molecular formula is C37H48N4O9S. The number of sulfone groups is 1. The minimum Gasteiger partial charge on any atom is -0.466 e. The Labute approximate surface area is 299 Å². The first-order chi connectivity index (χ1) is 24.7. The number of aromatic nitrogens is 2. The molecule has 276 valence electrons. The summed E-state index contributed by atoms with van der Waals surface area (Å²) < 4.78 is 46.5. The average Bonchev–Trinajstić information content (AvgIpc) is 3.52. The zero-order chi connectivity index (χ0) is 35.8. The van der Waals surface area contributed by atoms with Crippen LogP contribution in [-0.4, -0.2) is 81.4 Å². The highest BCUT2D eigenvalue weighted by Gasteiger charge is 2.48. The van der Waals surface area contributed by atoms with E-state index in [2.05, 4.69) is 49.9 Å². The number of para-hydroxylation sites is 1. The van der Waals surface area contributed by atoms with Crippen molar-refractivity contribution >= 4 is 27.5 Å². The van der Waals surface area contributed by atoms with E-state index in [1.165, 1.54) is 68.7 Å². The molecule has 6 rings (SSSR count). The van der Waals surface area contributed by atoms with Crippen molar-refractivity contribution in [2.45, 2.75) is 99.2 Å². The van der Waals surface area contributed by atoms with Crippen LogP contribution in [0.25, 0.3) is 0 Å². The lowest BCUT2D eigenvalue weighted by Crippen LogP contribution is -2.64. The Balaban J connectivity index is 0.894. The number of carbonyl (C=O) groups is 2. The van der Waals surface area contributed by atoms with Gasteiger partial charge in [0.1, 0.15) is 6.10 Å². The number of nitrogens with zero attached hydrogens (tertiary/aromatic N) is 4. The Bertz CT molecular complexity index is 1700. The van der Waals surface area contributed by atoms with Crippen molar-refractivity contribution in [1.82, 2.24) is 10.1 Å². The third kappa shape index (κ3) is 8.83. The smallest absolute Gasteiger partial charge is 0.414 e. The van der Waals surface area contributed by atoms with Gasteiger partial charge in [0.2, 0.25) is 0 Å². The number of esters is 2. The monoisotopic (exact) mass is 724 g/mol. The van der Waals surface area contributed by atoms with E-state index in [1.807, 2.05) is 0 Å². The molecule has 5 atom stereocenters. The summed E-state index contributed by atoms with van der Waals surface area (Å²) in [5.74, 6) is -0.118. The standard InChI is InChI=1S/C37H48N4O9S/c1-27(21-25-48-36-37(41(44)50-38-36)51(45,46)30-15-6-3-7-16-30)49-34(43)20-19-33(42)47-24-9-8-18-32-31-17-11-23-39-22-10-12-28(35(31)39)26-40(32)29-13-4-2-5-14-29/h2-7,13-16,27-28,31-32,35H,8-12,17-26H2,1H3. The van der Waals surface area contributed by atoms with Crippen LogP contribution in [0.1, 0.15) is 71.1 Å². The molecule has 51 heavy (non-hydrogen) atoms. The highest BCUT2D eigenvalue weighted by molar-refractivity contribution is 7.91. The van der Waals surface area contributed by atoms with Gasteiger partial charge in [0.15, 0.2) is 0 Å². The number of rotatable bonds is 16. The molecule has 2 aromatic carbocycles. The first kappa shape index (κ1) is 36.6. The topological polar surface area (TPSA) is 155 Å². The fourth-order valence-electron chi connectivity index (χ4n) is 8.10. The van der Waals surface area contributed by atoms with Crippen molar-refractivity contribution < 1.29 is 41.7 Å². The SMILES string of the molecule is CC(CCOc1no[n+]([O-])c1S(=O)(=O)c1ccccc1)OC(=O)CCC(=O)OCCCCC1C2CCCN3CCCC(CN1c1ccccc1)C23. The maximum atomic E-state index is 12.9. The maximum Gasteiger partial charge on any atom is 0.414 e. The van der Waals surface area contributed by atoms with E-state index in [9.17, 15) is 23.2 Å². The second-order valence-electron chi connectivity index (χ2n) is 13.8. The van der Waals surface area contributed by atoms with Gasteiger partial charge >= 0.3 is 22.8 Å². The molecule has 3 aliphatic heterocycles. The molecule has 4 heterocycles. The molecule has 14 heteroatoms. The van der Waals surface area contributed by atoms with Gasteiger partial charge in [-0.05, 0) is 106 Å². The molecule has 5 unspecified atom stereocenters. The molecule has 3 aromatic rings. The van der Waals surface area contributed by atoms with Crippen LogP contribution in [0.3, 0.4) is 0 Å². The van der Waals surface area contributed by atoms with Gasteiger partial charge in [-0.25, -0.2) is 8.42 Å². The molecule has 3 saturated heterocycles. The molecule has 3 fully saturated rings. The maximum absolute atomic E-state index is 12.9. The summed E-state index contributed by atoms with van der Waals surface area (Å²) >= 11 is 0. The Hall–Kier alpha value is -4.17. The van der Waals surface area contributed by atoms with Crippen LogP contribution in [0, 0.1) is 17.0 Å². The lowest BCUT2D eigenvalue weighted by atomic mass is 9.69. The molecule has 0 aliphatic carbocycles. The number of hydrogen-bond donors (Lipinski definition) is 0. The number of carbonyl (C=O) groups excluding carboxylic acids is 2. The second kappa shape index (κ2) is 16.9. The van der Waals surface area contributed by atoms with Crippen molar-refractivity contribution in [2.75, 3.05) is 37.7 Å². The van der Waals surface area contributed by atoms with E-state index in [-0.39, 0.29) is 35.7 Å². The molecule has 13 nitrogen and oxygen atoms in total. The zero-order valence-electron chi connectivity index (χ0n) is 29.1. The fraction of sp³-hybridized carbons (Fsp3) is 0.568. The second-order valence-corrected chi connectivity index (χ2v) is 15.7. The van der Waals surface area contributed by atoms with E-state index in [0.29, 0.717) is 24.6 Å². The van der Waals surface area contributed by atoms with Crippen LogP contribution in [0.4, 0.5) is 5.69 Å². The summed E-state index contributed by atoms with van der Waals surface area (Å²) in [6.07, 6.45) is 7.26. The Morgan fingerprint density at radius 1 is 0.980 bits per heavy atom. The van der Waals surface area contributed by atoms with Crippen molar-refractivity contribution in [2.24, 2.45) is 11.8 Å². The predicted octanol–water partition coefficient (Wildman–Crippen LogP) is 4.71. The van der Waals surface area contributed by atoms with E-state index in [4.69, 9.17) is 14.2 Å². The molecule has 1 aromatic heterocycles. The van der Waals surface area contributed by atoms with E-state index >= 15 is 0 Å². The average molecular weight is 725 g/mol. The molecule has 0 saturated carbocycles. The summed E-state index contributed by atoms with van der Waals surface area (Å²) in [6.45, 7) is 5.41. The number of unbranched alkanes of at least 4 members (excludes halogenated alkanes) is 1. The highest BCUT2D eigenvalue weighted by atomic mass is 32.2. The number of ether oxygens (including phenoxy) is 3. The first-order valence-electron chi connectivity index (χ1n) is 18.2. The summed E-state index contributed by atoms with van der Waals surface area (Å²) in [5, 5.41) is 14.7. The van der Waals surface area contributed by atoms with Crippen molar-refractivity contribution in [3.63, 3.8) is 0 Å². The van der Waals surface area contributed by atoms with Crippen LogP contribution in [0.5, 0.6) is 5.88 Å². The number of piperidine rings is 3. The molecule has 0 N–H and O–H groups in total. The summed E-state index contributed by atoms with van der Waals surface area (Å²) in [4.78, 5) is 29.9. The van der Waals surface area contributed by atoms with Crippen molar-refractivity contribution in [3.05, 3.63) is 65.9 Å². The van der Waals surface area contributed by atoms with Crippen LogP contribution in [-0.2, 0) is 28.9 Å². The van der Waals surface area contributed by atoms with Crippen molar-refractivity contribution in [1.29, 1.82) is 0 Å². The molecule has 0 spiro atoms. The zero-order valence-corrected chi connectivity index (χ0v) is 30.0. The normalized spacial score (nSPS) is 22.5. The molecule has 3 aliphatic rings. The lowest BCUT2D eigenvalue weighted by molar-refractivity contribution is -0.832. The predicted molar refractivity (Wildman–Crippen MR) is 185 cm³/mol. The van der Waals surface area contributed by atoms with Crippen LogP contribution in [0.15, 0.2) is 75.2 Å². The molecular weight excluding hydrogens is 676 g/mol. The largest absolute Gasteiger partial charge is 0.466 e. The van der Waals surface area contributed by atoms with Gasteiger partial charge in [-0.3, -0.25) is 19.1 Å². The van der Waals surface area contributed by atoms with E-state index in [0.717, 1.165) is 31.7 Å². The van der Waals surface area contributed by atoms with Crippen molar-refractivity contribution in [3.8, 4) is 5.88 Å². The van der Waals surface area contributed by atoms with Crippen LogP contribution < -0.4 is 14.5 Å². The highest BCUT2D eigenvalue weighted by Crippen LogP contribution is 2.44. The fourth-order valence-corrected chi connectivity index (χ4v) is 9.40. The van der Waals surface area contributed by atoms with Gasteiger partial charge in [0.05, 0.1) is 36.1 Å². The minimum atomic E-state index is -4.24. The van der Waals surface area contributed by atoms with Gasteiger partial charge in [-0.15, -0.1) is 0 Å². The van der Waals surface area contributed by atoms with Gasteiger partial charge in [-0.2, -0.15) is 0 Å². The summed E-state index contributed by atoms with van der Waals surface area (Å²) in [7, 11) is -4.24. The third-order valence-electron chi connectivity index (χ3n) is 10.4. The van der Waals surface area contributed by atoms with Crippen LogP contribution >= 0.6 is 0 Å². The quantitative estimate of drug-likeness (QED) is 0.114. The van der Waals surface area contributed by atoms with Gasteiger partial charge in [0, 0.05) is 30.7 Å². The lowest BCUT2D eigenvalue weighted by Gasteiger charge is -2.58. The Morgan fingerprint density at radius 2 is 1.69 bits per heavy atom. The third-order valence-corrected chi connectivity index (χ3v) is 12.1. The number of benzene rings is 2. The van der Waals surface area contributed by atoms with E-state index in [1.54, 1.807) is 13.0 Å². The molecule has 0 radical (unpaired) electrons. The Morgan fingerprint density at radius 3 is 2.45 bits per heavy atom. The first-order valence-corrected chi connectivity index (χ1v) is 19.6. The molecule has 0 bridgehead atoms. The molecule has 0 amide bonds. The van der Waals surface area contributed by atoms with Gasteiger partial charge in [-0.1, -0.05) is 36.4 Å². The number of hydrogen-bond acceptors (Lipinski definition) is 12. The van der Waals surface area contributed by atoms with Gasteiger partial charge in [0.25, 0.3) is 9.84 Å². The van der Waals surface area contributed by atoms with E-state index < -0.39 is 38.8 Å². The Kier molecular flexibility index (Phi) is 12.1. The van der Waals surface area contributed by atoms with Crippen LogP contribution in [0.2, 0.25) is 0 Å².